The Labute approximate surface area is 250 Å². The zero-order valence-corrected chi connectivity index (χ0v) is 25.2. The van der Waals surface area contributed by atoms with E-state index in [1.165, 1.54) is 12.1 Å². The van der Waals surface area contributed by atoms with Gasteiger partial charge in [-0.25, -0.2) is 4.39 Å². The van der Waals surface area contributed by atoms with Crippen LogP contribution in [-0.4, -0.2) is 48.7 Å². The van der Waals surface area contributed by atoms with E-state index in [1.807, 2.05) is 17.0 Å². The van der Waals surface area contributed by atoms with Gasteiger partial charge in [-0.05, 0) is 85.8 Å². The lowest BCUT2D eigenvalue weighted by molar-refractivity contribution is -0.134. The van der Waals surface area contributed by atoms with Crippen LogP contribution in [0.3, 0.4) is 0 Å². The molecule has 2 aliphatic rings. The maximum Gasteiger partial charge on any atom is 0.275 e. The Morgan fingerprint density at radius 1 is 1.14 bits per heavy atom. The van der Waals surface area contributed by atoms with Crippen LogP contribution < -0.4 is 5.32 Å². The van der Waals surface area contributed by atoms with Gasteiger partial charge in [0.1, 0.15) is 17.2 Å². The largest absolute Gasteiger partial charge is 0.345 e. The molecule has 2 aromatic carbocycles. The van der Waals surface area contributed by atoms with Crippen molar-refractivity contribution in [3.05, 3.63) is 75.8 Å². The van der Waals surface area contributed by atoms with Crippen molar-refractivity contribution in [2.24, 2.45) is 22.7 Å². The van der Waals surface area contributed by atoms with Crippen molar-refractivity contribution >= 4 is 29.1 Å². The highest BCUT2D eigenvalue weighted by Crippen LogP contribution is 2.49. The predicted octanol–water partition coefficient (Wildman–Crippen LogP) is 5.88. The Kier molecular flexibility index (Phi) is 8.73. The normalized spacial score (nSPS) is 23.0. The highest BCUT2D eigenvalue weighted by atomic mass is 35.5. The first kappa shape index (κ1) is 29.8. The number of aliphatic imine (C=N–C) groups is 1. The van der Waals surface area contributed by atoms with Gasteiger partial charge in [-0.15, -0.1) is 10.2 Å². The maximum atomic E-state index is 14.4. The minimum absolute atomic E-state index is 0.152. The molecular weight excluding hydrogens is 557 g/mol. The summed E-state index contributed by atoms with van der Waals surface area (Å²) < 4.78 is 14.4. The lowest BCUT2D eigenvalue weighted by Crippen LogP contribution is -2.52. The number of rotatable bonds is 9. The average Bonchev–Trinajstić information content (AvgIpc) is 3.53. The quantitative estimate of drug-likeness (QED) is 0.321. The molecule has 2 N–H and O–H groups in total. The molecule has 1 aliphatic carbocycles. The number of aromatic amines is 1. The van der Waals surface area contributed by atoms with E-state index in [0.717, 1.165) is 37.7 Å². The molecule has 0 saturated heterocycles. The fraction of sp³-hybridized carbons (Fsp3) is 0.484. The molecule has 11 heteroatoms. The van der Waals surface area contributed by atoms with Crippen LogP contribution in [0.4, 0.5) is 4.39 Å². The van der Waals surface area contributed by atoms with Crippen molar-refractivity contribution in [1.82, 2.24) is 30.8 Å². The average molecular weight is 594 g/mol. The van der Waals surface area contributed by atoms with Crippen LogP contribution in [0.1, 0.15) is 93.2 Å². The van der Waals surface area contributed by atoms with E-state index in [9.17, 15) is 14.0 Å². The van der Waals surface area contributed by atoms with Gasteiger partial charge in [-0.1, -0.05) is 56.6 Å². The third-order valence-electron chi connectivity index (χ3n) is 8.16. The first-order valence-electron chi connectivity index (χ1n) is 14.5. The van der Waals surface area contributed by atoms with Crippen LogP contribution in [0.2, 0.25) is 5.02 Å². The molecule has 5 rings (SSSR count). The summed E-state index contributed by atoms with van der Waals surface area (Å²) in [5.41, 5.74) is 1.32. The molecular formula is C31H37ClFN7O2. The number of nitrogens with zero attached hydrogens (tertiary/aromatic N) is 5. The molecule has 2 heterocycles. The van der Waals surface area contributed by atoms with Crippen molar-refractivity contribution in [3.63, 3.8) is 0 Å². The summed E-state index contributed by atoms with van der Waals surface area (Å²) in [4.78, 5) is 34.3. The molecule has 42 heavy (non-hydrogen) atoms. The molecule has 1 aromatic heterocycles. The first-order chi connectivity index (χ1) is 20.0. The molecule has 2 amide bonds. The number of nitrogens with one attached hydrogen (secondary N) is 2. The minimum Gasteiger partial charge on any atom is -0.345 e. The van der Waals surface area contributed by atoms with Gasteiger partial charge < -0.3 is 10.2 Å². The van der Waals surface area contributed by atoms with E-state index in [1.54, 1.807) is 18.2 Å². The van der Waals surface area contributed by atoms with Gasteiger partial charge in [0.25, 0.3) is 11.8 Å². The number of H-pyrrole nitrogens is 1. The van der Waals surface area contributed by atoms with Crippen molar-refractivity contribution in [2.75, 3.05) is 0 Å². The standard InChI is InChI=1S/C31H37ClFN7O2/c1-18(2)5-10-26(21-6-8-22(9-7-21)29(41)34-17-27-36-38-39-37-27)40-30(42)28(23-12-24(32)14-25(33)13-23)35-31(40)15-19(3)11-20(4)16-31/h6-9,12-14,18-20,26H,5,10-11,15-17H2,1-4H3,(H,34,41)(H,36,37,38,39)/t19?,20?,26-,31?/m1/s1. The highest BCUT2D eigenvalue weighted by Gasteiger charge is 2.53. The number of hydrogen-bond acceptors (Lipinski definition) is 6. The number of tetrazole rings is 1. The Hall–Kier alpha value is -3.66. The Balaban J connectivity index is 1.51. The van der Waals surface area contributed by atoms with Gasteiger partial charge in [0.05, 0.1) is 12.6 Å². The van der Waals surface area contributed by atoms with Crippen LogP contribution in [0.15, 0.2) is 47.5 Å². The molecule has 2 unspecified atom stereocenters. The van der Waals surface area contributed by atoms with E-state index in [-0.39, 0.29) is 35.1 Å². The van der Waals surface area contributed by atoms with Gasteiger partial charge in [0.2, 0.25) is 0 Å². The summed E-state index contributed by atoms with van der Waals surface area (Å²) in [7, 11) is 0. The molecule has 3 atom stereocenters. The number of amides is 2. The fourth-order valence-electron chi connectivity index (χ4n) is 6.58. The lowest BCUT2D eigenvalue weighted by atomic mass is 9.75. The zero-order chi connectivity index (χ0) is 30.0. The van der Waals surface area contributed by atoms with Crippen LogP contribution >= 0.6 is 11.6 Å². The first-order valence-corrected chi connectivity index (χ1v) is 14.9. The highest BCUT2D eigenvalue weighted by molar-refractivity contribution is 6.47. The van der Waals surface area contributed by atoms with Crippen LogP contribution in [0.25, 0.3) is 0 Å². The van der Waals surface area contributed by atoms with Gasteiger partial charge in [-0.2, -0.15) is 5.21 Å². The third kappa shape index (κ3) is 6.38. The molecule has 9 nitrogen and oxygen atoms in total. The van der Waals surface area contributed by atoms with Crippen LogP contribution in [0, 0.1) is 23.6 Å². The minimum atomic E-state index is -0.745. The molecule has 1 spiro atoms. The molecule has 0 bridgehead atoms. The zero-order valence-electron chi connectivity index (χ0n) is 24.4. The summed E-state index contributed by atoms with van der Waals surface area (Å²) in [6, 6.07) is 11.3. The van der Waals surface area contributed by atoms with Crippen LogP contribution in [0.5, 0.6) is 0 Å². The summed E-state index contributed by atoms with van der Waals surface area (Å²) in [5.74, 6) is 0.547. The van der Waals surface area contributed by atoms with Gasteiger partial charge in [0.15, 0.2) is 5.82 Å². The Morgan fingerprint density at radius 2 is 1.86 bits per heavy atom. The maximum absolute atomic E-state index is 14.4. The van der Waals surface area contributed by atoms with E-state index < -0.39 is 11.5 Å². The van der Waals surface area contributed by atoms with E-state index in [4.69, 9.17) is 16.6 Å². The number of benzene rings is 2. The Bertz CT molecular complexity index is 1430. The molecule has 1 fully saturated rings. The smallest absolute Gasteiger partial charge is 0.275 e. The Morgan fingerprint density at radius 3 is 2.48 bits per heavy atom. The number of halogens is 2. The monoisotopic (exact) mass is 593 g/mol. The van der Waals surface area contributed by atoms with Crippen molar-refractivity contribution in [3.8, 4) is 0 Å². The van der Waals surface area contributed by atoms with E-state index in [0.29, 0.717) is 34.7 Å². The van der Waals surface area contributed by atoms with Crippen molar-refractivity contribution in [1.29, 1.82) is 0 Å². The summed E-state index contributed by atoms with van der Waals surface area (Å²) in [6.07, 6.45) is 4.13. The van der Waals surface area contributed by atoms with Crippen molar-refractivity contribution < 1.29 is 14.0 Å². The fourth-order valence-corrected chi connectivity index (χ4v) is 6.80. The number of carbonyl (C=O) groups excluding carboxylic acids is 2. The summed E-state index contributed by atoms with van der Waals surface area (Å²) in [5, 5.41) is 16.6. The molecule has 0 radical (unpaired) electrons. The van der Waals surface area contributed by atoms with E-state index in [2.05, 4.69) is 53.6 Å². The second kappa shape index (κ2) is 12.3. The second-order valence-electron chi connectivity index (χ2n) is 12.3. The van der Waals surface area contributed by atoms with E-state index >= 15 is 0 Å². The molecule has 222 valence electrons. The molecule has 1 saturated carbocycles. The molecule has 3 aromatic rings. The van der Waals surface area contributed by atoms with Gasteiger partial charge >= 0.3 is 0 Å². The number of carbonyl (C=O) groups is 2. The molecule has 1 aliphatic heterocycles. The second-order valence-corrected chi connectivity index (χ2v) is 12.7. The van der Waals surface area contributed by atoms with Crippen molar-refractivity contribution in [2.45, 2.75) is 78.0 Å². The summed E-state index contributed by atoms with van der Waals surface area (Å²) >= 11 is 6.21. The SMILES string of the molecule is CC(C)CC[C@H](c1ccc(C(=O)NCc2nn[nH]n2)cc1)N1C(=O)C(c2cc(F)cc(Cl)c2)=NC12CC(C)CC(C)C2. The van der Waals surface area contributed by atoms with Crippen LogP contribution in [-0.2, 0) is 11.3 Å². The number of aromatic nitrogens is 4. The van der Waals surface area contributed by atoms with Gasteiger partial charge in [-0.3, -0.25) is 14.6 Å². The lowest BCUT2D eigenvalue weighted by Gasteiger charge is -2.47. The third-order valence-corrected chi connectivity index (χ3v) is 8.38. The van der Waals surface area contributed by atoms with Gasteiger partial charge in [0, 0.05) is 16.1 Å². The number of hydrogen-bond donors (Lipinski definition) is 2. The summed E-state index contributed by atoms with van der Waals surface area (Å²) in [6.45, 7) is 8.89. The predicted molar refractivity (Wildman–Crippen MR) is 158 cm³/mol. The topological polar surface area (TPSA) is 116 Å².